The van der Waals surface area contributed by atoms with Crippen LogP contribution in [0.25, 0.3) is 0 Å². The molecule has 0 unspecified atom stereocenters. The molecule has 25 heavy (non-hydrogen) atoms. The summed E-state index contributed by atoms with van der Waals surface area (Å²) >= 11 is 0. The highest BCUT2D eigenvalue weighted by atomic mass is 16.5. The van der Waals surface area contributed by atoms with Crippen LogP contribution in [0.2, 0.25) is 0 Å². The minimum atomic E-state index is -0.517. The van der Waals surface area contributed by atoms with Gasteiger partial charge in [0.25, 0.3) is 0 Å². The minimum Gasteiger partial charge on any atom is -0.494 e. The molecule has 0 saturated carbocycles. The molecule has 0 aliphatic carbocycles. The fraction of sp³-hybridized carbons (Fsp3) is 0.444. The maximum Gasteiger partial charge on any atom is 0.363 e. The average Bonchev–Trinajstić information content (AvgIpc) is 2.54. The number of aromatic amines is 1. The van der Waals surface area contributed by atoms with Crippen molar-refractivity contribution in [1.82, 2.24) is 15.2 Å². The Hall–Kier alpha value is -2.70. The second-order valence-corrected chi connectivity index (χ2v) is 6.73. The maximum absolute atomic E-state index is 11.4. The van der Waals surface area contributed by atoms with Gasteiger partial charge in [0.15, 0.2) is 5.82 Å². The molecule has 7 heteroatoms. The Kier molecular flexibility index (Phi) is 6.27. The summed E-state index contributed by atoms with van der Waals surface area (Å²) in [5.74, 6) is 1.16. The molecule has 1 aromatic heterocycles. The van der Waals surface area contributed by atoms with E-state index in [0.717, 1.165) is 24.2 Å². The van der Waals surface area contributed by atoms with Gasteiger partial charge in [0.1, 0.15) is 11.4 Å². The molecule has 0 radical (unpaired) electrons. The van der Waals surface area contributed by atoms with Gasteiger partial charge < -0.3 is 4.74 Å². The number of hydrazone groups is 1. The third-order valence-corrected chi connectivity index (χ3v) is 3.42. The van der Waals surface area contributed by atoms with E-state index in [1.807, 2.05) is 45.0 Å². The SMILES string of the molecule is CCCCOc1cccc(/C=N/Nc2nc(=O)[nH]nc2C(C)(C)C)c1. The van der Waals surface area contributed by atoms with Crippen molar-refractivity contribution in [3.05, 3.63) is 46.0 Å². The molecule has 0 atom stereocenters. The smallest absolute Gasteiger partial charge is 0.363 e. The third-order valence-electron chi connectivity index (χ3n) is 3.42. The molecule has 1 aromatic carbocycles. The van der Waals surface area contributed by atoms with Crippen LogP contribution in [0.1, 0.15) is 51.8 Å². The van der Waals surface area contributed by atoms with Crippen LogP contribution < -0.4 is 15.9 Å². The van der Waals surface area contributed by atoms with E-state index in [2.05, 4.69) is 32.6 Å². The lowest BCUT2D eigenvalue weighted by Crippen LogP contribution is -2.24. The first-order chi connectivity index (χ1) is 11.9. The van der Waals surface area contributed by atoms with Crippen LogP contribution >= 0.6 is 0 Å². The van der Waals surface area contributed by atoms with Crippen LogP contribution in [0, 0.1) is 0 Å². The van der Waals surface area contributed by atoms with Gasteiger partial charge in [-0.25, -0.2) is 9.89 Å². The molecule has 2 aromatic rings. The average molecular weight is 343 g/mol. The number of nitrogens with zero attached hydrogens (tertiary/aromatic N) is 3. The summed E-state index contributed by atoms with van der Waals surface area (Å²) < 4.78 is 5.68. The molecule has 1 heterocycles. The summed E-state index contributed by atoms with van der Waals surface area (Å²) in [6.07, 6.45) is 3.77. The number of ether oxygens (including phenoxy) is 1. The molecule has 0 bridgehead atoms. The van der Waals surface area contributed by atoms with Gasteiger partial charge in [-0.05, 0) is 24.1 Å². The Balaban J connectivity index is 2.10. The van der Waals surface area contributed by atoms with E-state index in [4.69, 9.17) is 4.74 Å². The first-order valence-corrected chi connectivity index (χ1v) is 8.39. The molecule has 2 rings (SSSR count). The highest BCUT2D eigenvalue weighted by Crippen LogP contribution is 2.24. The van der Waals surface area contributed by atoms with Crippen molar-refractivity contribution in [2.75, 3.05) is 12.0 Å². The topological polar surface area (TPSA) is 92.3 Å². The molecule has 0 saturated heterocycles. The van der Waals surface area contributed by atoms with Crippen molar-refractivity contribution < 1.29 is 4.74 Å². The predicted molar refractivity (Wildman–Crippen MR) is 99.4 cm³/mol. The largest absolute Gasteiger partial charge is 0.494 e. The number of benzene rings is 1. The lowest BCUT2D eigenvalue weighted by atomic mass is 9.92. The molecular weight excluding hydrogens is 318 g/mol. The number of H-pyrrole nitrogens is 1. The van der Waals surface area contributed by atoms with Gasteiger partial charge in [-0.3, -0.25) is 5.43 Å². The van der Waals surface area contributed by atoms with Crippen molar-refractivity contribution in [1.29, 1.82) is 0 Å². The van der Waals surface area contributed by atoms with E-state index in [0.29, 0.717) is 18.1 Å². The number of aromatic nitrogens is 3. The van der Waals surface area contributed by atoms with Crippen LogP contribution in [-0.2, 0) is 5.41 Å². The van der Waals surface area contributed by atoms with Gasteiger partial charge in [0.2, 0.25) is 0 Å². The Morgan fingerprint density at radius 1 is 1.36 bits per heavy atom. The maximum atomic E-state index is 11.4. The normalized spacial score (nSPS) is 11.7. The van der Waals surface area contributed by atoms with Gasteiger partial charge in [-0.1, -0.05) is 46.2 Å². The molecule has 2 N–H and O–H groups in total. The number of hydrogen-bond acceptors (Lipinski definition) is 6. The van der Waals surface area contributed by atoms with E-state index in [-0.39, 0.29) is 5.41 Å². The van der Waals surface area contributed by atoms with Crippen LogP contribution in [-0.4, -0.2) is 28.0 Å². The number of rotatable bonds is 7. The summed E-state index contributed by atoms with van der Waals surface area (Å²) in [7, 11) is 0. The van der Waals surface area contributed by atoms with E-state index in [1.165, 1.54) is 0 Å². The lowest BCUT2D eigenvalue weighted by Gasteiger charge is -2.18. The summed E-state index contributed by atoms with van der Waals surface area (Å²) in [6, 6.07) is 7.66. The van der Waals surface area contributed by atoms with E-state index in [1.54, 1.807) is 6.21 Å². The molecule has 0 spiro atoms. The van der Waals surface area contributed by atoms with Crippen molar-refractivity contribution in [3.8, 4) is 5.75 Å². The molecular formula is C18H25N5O2. The van der Waals surface area contributed by atoms with Crippen molar-refractivity contribution in [2.45, 2.75) is 46.0 Å². The fourth-order valence-corrected chi connectivity index (χ4v) is 2.12. The van der Waals surface area contributed by atoms with E-state index < -0.39 is 5.69 Å². The fourth-order valence-electron chi connectivity index (χ4n) is 2.12. The summed E-state index contributed by atoms with van der Waals surface area (Å²) in [6.45, 7) is 8.79. The van der Waals surface area contributed by atoms with Crippen LogP contribution in [0.15, 0.2) is 34.2 Å². The molecule has 7 nitrogen and oxygen atoms in total. The van der Waals surface area contributed by atoms with Crippen LogP contribution in [0.3, 0.4) is 0 Å². The Morgan fingerprint density at radius 2 is 2.16 bits per heavy atom. The van der Waals surface area contributed by atoms with Gasteiger partial charge in [-0.15, -0.1) is 0 Å². The van der Waals surface area contributed by atoms with Gasteiger partial charge in [-0.2, -0.15) is 15.2 Å². The zero-order valence-corrected chi connectivity index (χ0v) is 15.2. The van der Waals surface area contributed by atoms with Gasteiger partial charge in [0, 0.05) is 5.41 Å². The summed E-state index contributed by atoms with van der Waals surface area (Å²) in [5.41, 5.74) is 3.55. The molecule has 0 fully saturated rings. The predicted octanol–water partition coefficient (Wildman–Crippen LogP) is 3.09. The van der Waals surface area contributed by atoms with E-state index in [9.17, 15) is 4.79 Å². The third kappa shape index (κ3) is 5.70. The Bertz CT molecular complexity index is 778. The van der Waals surface area contributed by atoms with Gasteiger partial charge >= 0.3 is 5.69 Å². The second kappa shape index (κ2) is 8.41. The van der Waals surface area contributed by atoms with Crippen LogP contribution in [0.5, 0.6) is 5.75 Å². The zero-order chi connectivity index (χ0) is 18.3. The minimum absolute atomic E-state index is 0.276. The lowest BCUT2D eigenvalue weighted by molar-refractivity contribution is 0.309. The van der Waals surface area contributed by atoms with Crippen LogP contribution in [0.4, 0.5) is 5.82 Å². The monoisotopic (exact) mass is 343 g/mol. The highest BCUT2D eigenvalue weighted by Gasteiger charge is 2.21. The first-order valence-electron chi connectivity index (χ1n) is 8.39. The number of nitrogens with one attached hydrogen (secondary N) is 2. The van der Waals surface area contributed by atoms with Gasteiger partial charge in [0.05, 0.1) is 12.8 Å². The van der Waals surface area contributed by atoms with Crippen molar-refractivity contribution in [3.63, 3.8) is 0 Å². The second-order valence-electron chi connectivity index (χ2n) is 6.73. The molecule has 0 aliphatic heterocycles. The molecule has 0 aliphatic rings. The van der Waals surface area contributed by atoms with E-state index >= 15 is 0 Å². The highest BCUT2D eigenvalue weighted by molar-refractivity contribution is 5.80. The zero-order valence-electron chi connectivity index (χ0n) is 15.2. The standard InChI is InChI=1S/C18H25N5O2/c1-5-6-10-25-14-9-7-8-13(11-14)12-19-22-16-15(18(2,3)4)21-23-17(24)20-16/h7-9,11-12H,5-6,10H2,1-4H3,(H2,20,22,23,24)/b19-12+. The number of unbranched alkanes of at least 4 members (excludes halogenated alkanes) is 1. The first kappa shape index (κ1) is 18.6. The number of hydrogen-bond donors (Lipinski definition) is 2. The molecule has 134 valence electrons. The Labute approximate surface area is 147 Å². The quantitative estimate of drug-likeness (QED) is 0.458. The number of anilines is 1. The Morgan fingerprint density at radius 3 is 2.88 bits per heavy atom. The summed E-state index contributed by atoms with van der Waals surface area (Å²) in [5, 5.41) is 10.6. The molecule has 0 amide bonds. The summed E-state index contributed by atoms with van der Waals surface area (Å²) in [4.78, 5) is 15.3. The van der Waals surface area contributed by atoms with Crippen molar-refractivity contribution >= 4 is 12.0 Å². The van der Waals surface area contributed by atoms with Crippen molar-refractivity contribution in [2.24, 2.45) is 5.10 Å².